The van der Waals surface area contributed by atoms with Gasteiger partial charge in [-0.3, -0.25) is 4.79 Å². The van der Waals surface area contributed by atoms with Crippen LogP contribution in [0.4, 0.5) is 4.79 Å². The topological polar surface area (TPSA) is 118 Å². The quantitative estimate of drug-likeness (QED) is 0.456. The summed E-state index contributed by atoms with van der Waals surface area (Å²) in [4.78, 5) is 21.5. The van der Waals surface area contributed by atoms with Crippen LogP contribution >= 0.6 is 0 Å². The molecule has 1 rings (SSSR count). The zero-order valence-electron chi connectivity index (χ0n) is 8.17. The van der Waals surface area contributed by atoms with Crippen molar-refractivity contribution in [2.24, 2.45) is 0 Å². The largest absolute Gasteiger partial charge is 0.465 e. The highest BCUT2D eigenvalue weighted by atomic mass is 16.4. The van der Waals surface area contributed by atoms with Crippen molar-refractivity contribution in [2.45, 2.75) is 18.9 Å². The minimum absolute atomic E-state index is 0.275. The summed E-state index contributed by atoms with van der Waals surface area (Å²) < 4.78 is 0. The maximum absolute atomic E-state index is 10.6. The minimum atomic E-state index is -1.13. The molecule has 7 nitrogen and oxygen atoms in total. The van der Waals surface area contributed by atoms with Crippen molar-refractivity contribution in [3.8, 4) is 0 Å². The molecule has 1 heterocycles. The number of amides is 2. The monoisotopic (exact) mass is 221 g/mol. The fourth-order valence-electron chi connectivity index (χ4n) is 0.908. The molecule has 7 heteroatoms. The van der Waals surface area contributed by atoms with E-state index in [0.717, 1.165) is 4.90 Å². The van der Waals surface area contributed by atoms with Crippen molar-refractivity contribution in [3.63, 3.8) is 0 Å². The highest BCUT2D eigenvalue weighted by molar-refractivity contribution is 5.92. The molecule has 4 N–H and O–H groups in total. The lowest BCUT2D eigenvalue weighted by Gasteiger charge is -2.05. The molecule has 0 aromatic heterocycles. The van der Waals surface area contributed by atoms with E-state index in [9.17, 15) is 9.59 Å². The Balaban J connectivity index is 0.000000288. The first-order valence-corrected chi connectivity index (χ1v) is 4.46. The molecule has 88 valence electrons. The number of nitrogens with zero attached hydrogens (tertiary/aromatic N) is 1. The van der Waals surface area contributed by atoms with Crippen molar-refractivity contribution >= 4 is 12.0 Å². The number of carbonyl (C=O) groups excluding carboxylic acids is 1. The molecule has 1 aliphatic heterocycles. The van der Waals surface area contributed by atoms with Crippen LogP contribution in [0.5, 0.6) is 0 Å². The molecule has 1 fully saturated rings. The van der Waals surface area contributed by atoms with Gasteiger partial charge >= 0.3 is 6.09 Å². The van der Waals surface area contributed by atoms with Crippen LogP contribution in [0.3, 0.4) is 0 Å². The van der Waals surface area contributed by atoms with E-state index >= 15 is 0 Å². The van der Waals surface area contributed by atoms with Crippen molar-refractivity contribution in [3.05, 3.63) is 0 Å². The van der Waals surface area contributed by atoms with Gasteiger partial charge < -0.3 is 20.4 Å². The molecule has 0 saturated carbocycles. The lowest BCUT2D eigenvalue weighted by atomic mass is 10.4. The number of rotatable bonds is 2. The number of likely N-dealkylation sites (tertiary alicyclic amines) is 1. The van der Waals surface area contributed by atoms with Crippen LogP contribution in [0.25, 0.3) is 0 Å². The van der Waals surface area contributed by atoms with Crippen LogP contribution in [0.2, 0.25) is 0 Å². The van der Waals surface area contributed by atoms with Gasteiger partial charge in [0.1, 0.15) is 6.10 Å². The van der Waals surface area contributed by atoms with Gasteiger partial charge in [-0.2, -0.15) is 0 Å². The minimum Gasteiger partial charge on any atom is -0.465 e. The molecule has 0 unspecified atom stereocenters. The summed E-state index contributed by atoms with van der Waals surface area (Å²) in [7, 11) is 0. The molecule has 0 spiro atoms. The third kappa shape index (κ3) is 5.31. The molecule has 0 atom stereocenters. The molecule has 0 aromatic rings. The van der Waals surface area contributed by atoms with Crippen LogP contribution in [0, 0.1) is 0 Å². The smallest absolute Gasteiger partial charge is 0.414 e. The van der Waals surface area contributed by atoms with E-state index in [2.05, 4.69) is 0 Å². The predicted molar refractivity (Wildman–Crippen MR) is 49.2 cm³/mol. The van der Waals surface area contributed by atoms with E-state index in [1.54, 1.807) is 0 Å². The number of aliphatic hydroxyl groups excluding tert-OH is 3. The first-order valence-electron chi connectivity index (χ1n) is 4.46. The summed E-state index contributed by atoms with van der Waals surface area (Å²) >= 11 is 0. The molecular weight excluding hydrogens is 206 g/mol. The number of carboxylic acid groups (broad SMARTS) is 1. The molecule has 1 aliphatic rings. The van der Waals surface area contributed by atoms with Crippen LogP contribution < -0.4 is 0 Å². The Kier molecular flexibility index (Phi) is 6.59. The molecule has 0 bridgehead atoms. The average molecular weight is 221 g/mol. The van der Waals surface area contributed by atoms with Crippen LogP contribution in [0.15, 0.2) is 0 Å². The normalized spacial score (nSPS) is 15.2. The van der Waals surface area contributed by atoms with Gasteiger partial charge in [0.2, 0.25) is 5.91 Å². The van der Waals surface area contributed by atoms with Crippen molar-refractivity contribution in [1.82, 2.24) is 4.90 Å². The summed E-state index contributed by atoms with van der Waals surface area (Å²) in [6.45, 7) is -0.360. The predicted octanol–water partition coefficient (Wildman–Crippen LogP) is -1.38. The second-order valence-corrected chi connectivity index (χ2v) is 2.95. The number of aliphatic hydroxyl groups is 3. The second-order valence-electron chi connectivity index (χ2n) is 2.95. The van der Waals surface area contributed by atoms with E-state index < -0.39 is 12.2 Å². The van der Waals surface area contributed by atoms with Gasteiger partial charge in [-0.15, -0.1) is 0 Å². The number of hydrogen-bond donors (Lipinski definition) is 4. The fraction of sp³-hybridized carbons (Fsp3) is 0.750. The third-order valence-corrected chi connectivity index (χ3v) is 1.73. The Morgan fingerprint density at radius 2 is 1.93 bits per heavy atom. The van der Waals surface area contributed by atoms with Gasteiger partial charge in [-0.05, 0) is 6.42 Å². The zero-order valence-corrected chi connectivity index (χ0v) is 8.17. The summed E-state index contributed by atoms with van der Waals surface area (Å²) in [6.07, 6.45) is -1.03. The van der Waals surface area contributed by atoms with E-state index in [1.165, 1.54) is 0 Å². The second kappa shape index (κ2) is 7.16. The number of hydrogen-bond acceptors (Lipinski definition) is 5. The maximum atomic E-state index is 10.6. The maximum Gasteiger partial charge on any atom is 0.414 e. The Morgan fingerprint density at radius 3 is 2.07 bits per heavy atom. The number of carbonyl (C=O) groups is 2. The van der Waals surface area contributed by atoms with E-state index in [-0.39, 0.29) is 19.1 Å². The Bertz CT molecular complexity index is 215. The van der Waals surface area contributed by atoms with Crippen LogP contribution in [-0.4, -0.2) is 63.2 Å². The third-order valence-electron chi connectivity index (χ3n) is 1.73. The summed E-state index contributed by atoms with van der Waals surface area (Å²) in [6, 6.07) is 0. The summed E-state index contributed by atoms with van der Waals surface area (Å²) in [5.74, 6) is -0.275. The Labute approximate surface area is 86.6 Å². The summed E-state index contributed by atoms with van der Waals surface area (Å²) in [5.41, 5.74) is 0. The molecule has 0 radical (unpaired) electrons. The summed E-state index contributed by atoms with van der Waals surface area (Å²) in [5, 5.41) is 32.3. The first-order chi connectivity index (χ1) is 7.02. The molecule has 2 amide bonds. The highest BCUT2D eigenvalue weighted by Gasteiger charge is 2.25. The van der Waals surface area contributed by atoms with E-state index in [4.69, 9.17) is 20.4 Å². The van der Waals surface area contributed by atoms with Gasteiger partial charge in [0.25, 0.3) is 0 Å². The number of imide groups is 1. The van der Waals surface area contributed by atoms with E-state index in [0.29, 0.717) is 19.4 Å². The SMILES string of the molecule is O=C(O)N1CCCC1=O.OCC(O)CO. The van der Waals surface area contributed by atoms with Gasteiger partial charge in [0, 0.05) is 13.0 Å². The van der Waals surface area contributed by atoms with Gasteiger partial charge in [0.05, 0.1) is 13.2 Å². The molecule has 0 aromatic carbocycles. The lowest BCUT2D eigenvalue weighted by molar-refractivity contribution is -0.125. The molecule has 15 heavy (non-hydrogen) atoms. The standard InChI is InChI=1S/C5H7NO3.C3H8O3/c7-4-2-1-3-6(4)5(8)9;4-1-3(6)2-5/h1-3H2,(H,8,9);3-6H,1-2H2. The fourth-order valence-corrected chi connectivity index (χ4v) is 0.908. The zero-order chi connectivity index (χ0) is 11.8. The van der Waals surface area contributed by atoms with Gasteiger partial charge in [-0.25, -0.2) is 9.69 Å². The molecular formula is C8H15NO6. The lowest BCUT2D eigenvalue weighted by Crippen LogP contribution is -2.29. The Morgan fingerprint density at radius 1 is 1.40 bits per heavy atom. The van der Waals surface area contributed by atoms with Crippen LogP contribution in [0.1, 0.15) is 12.8 Å². The molecule has 0 aliphatic carbocycles. The molecule has 1 saturated heterocycles. The highest BCUT2D eigenvalue weighted by Crippen LogP contribution is 2.08. The van der Waals surface area contributed by atoms with Gasteiger partial charge in [-0.1, -0.05) is 0 Å². The van der Waals surface area contributed by atoms with Gasteiger partial charge in [0.15, 0.2) is 0 Å². The van der Waals surface area contributed by atoms with Crippen molar-refractivity contribution in [2.75, 3.05) is 19.8 Å². The van der Waals surface area contributed by atoms with Crippen molar-refractivity contribution < 1.29 is 30.0 Å². The average Bonchev–Trinajstić information content (AvgIpc) is 2.64. The first kappa shape index (κ1) is 13.8. The Hall–Kier alpha value is -1.18. The van der Waals surface area contributed by atoms with Crippen molar-refractivity contribution in [1.29, 1.82) is 0 Å². The van der Waals surface area contributed by atoms with E-state index in [1.807, 2.05) is 0 Å². The van der Waals surface area contributed by atoms with Crippen LogP contribution in [-0.2, 0) is 4.79 Å².